The quantitative estimate of drug-likeness (QED) is 0.744. The second-order valence-electron chi connectivity index (χ2n) is 3.81. The van der Waals surface area contributed by atoms with Gasteiger partial charge in [0.1, 0.15) is 11.3 Å². The molecule has 0 radical (unpaired) electrons. The topological polar surface area (TPSA) is 35.5 Å². The predicted octanol–water partition coefficient (Wildman–Crippen LogP) is 2.94. The molecule has 0 bridgehead atoms. The molecule has 3 heteroatoms. The second-order valence-corrected chi connectivity index (χ2v) is 3.81. The average molecular weight is 230 g/mol. The fourth-order valence-corrected chi connectivity index (χ4v) is 2.02. The van der Waals surface area contributed by atoms with E-state index >= 15 is 0 Å². The molecule has 0 saturated heterocycles. The van der Waals surface area contributed by atoms with Crippen molar-refractivity contribution in [1.29, 1.82) is 0 Å². The number of hydrogen-bond acceptors (Lipinski definition) is 3. The molecule has 0 aromatic heterocycles. The maximum Gasteiger partial charge on any atom is 0.341 e. The van der Waals surface area contributed by atoms with Gasteiger partial charge in [-0.05, 0) is 17.9 Å². The maximum absolute atomic E-state index is 11.8. The number of fused-ring (bicyclic) bond motifs is 1. The summed E-state index contributed by atoms with van der Waals surface area (Å²) < 4.78 is 10.2. The number of esters is 1. The first-order valence-electron chi connectivity index (χ1n) is 5.33. The third-order valence-corrected chi connectivity index (χ3v) is 2.79. The summed E-state index contributed by atoms with van der Waals surface area (Å²) in [5.74, 6) is 0.206. The molecule has 0 fully saturated rings. The van der Waals surface area contributed by atoms with Gasteiger partial charge < -0.3 is 9.47 Å². The Bertz CT molecular complexity index is 573. The molecule has 2 aromatic carbocycles. The Morgan fingerprint density at radius 3 is 2.53 bits per heavy atom. The van der Waals surface area contributed by atoms with Crippen LogP contribution in [0.4, 0.5) is 0 Å². The van der Waals surface area contributed by atoms with Crippen LogP contribution in [-0.4, -0.2) is 20.2 Å². The average Bonchev–Trinajstić information content (AvgIpc) is 2.36. The first-order valence-corrected chi connectivity index (χ1v) is 5.33. The molecule has 0 aliphatic carbocycles. The Morgan fingerprint density at radius 2 is 1.88 bits per heavy atom. The van der Waals surface area contributed by atoms with Gasteiger partial charge >= 0.3 is 5.97 Å². The van der Waals surface area contributed by atoms with Crippen LogP contribution in [0.1, 0.15) is 15.9 Å². The van der Waals surface area contributed by atoms with E-state index in [0.29, 0.717) is 11.3 Å². The van der Waals surface area contributed by atoms with Gasteiger partial charge in [-0.3, -0.25) is 0 Å². The molecule has 0 aliphatic heterocycles. The lowest BCUT2D eigenvalue weighted by Crippen LogP contribution is -2.07. The first kappa shape index (κ1) is 11.5. The molecular weight excluding hydrogens is 216 g/mol. The summed E-state index contributed by atoms with van der Waals surface area (Å²) in [5.41, 5.74) is 1.35. The summed E-state index contributed by atoms with van der Waals surface area (Å²) in [5, 5.41) is 1.97. The van der Waals surface area contributed by atoms with Gasteiger partial charge in [-0.2, -0.15) is 0 Å². The predicted molar refractivity (Wildman–Crippen MR) is 66.6 cm³/mol. The van der Waals surface area contributed by atoms with Gasteiger partial charge in [0.25, 0.3) is 0 Å². The zero-order valence-electron chi connectivity index (χ0n) is 10.1. The minimum absolute atomic E-state index is 0.370. The van der Waals surface area contributed by atoms with E-state index in [1.807, 2.05) is 37.3 Å². The second kappa shape index (κ2) is 4.45. The Morgan fingerprint density at radius 1 is 1.18 bits per heavy atom. The van der Waals surface area contributed by atoms with E-state index in [4.69, 9.17) is 9.47 Å². The fourth-order valence-electron chi connectivity index (χ4n) is 2.02. The van der Waals surface area contributed by atoms with E-state index in [1.54, 1.807) is 7.11 Å². The summed E-state index contributed by atoms with van der Waals surface area (Å²) in [6.45, 7) is 1.88. The molecule has 0 heterocycles. The van der Waals surface area contributed by atoms with Gasteiger partial charge in [0.2, 0.25) is 0 Å². The highest BCUT2D eigenvalue weighted by Crippen LogP contribution is 2.32. The minimum atomic E-state index is -0.370. The van der Waals surface area contributed by atoms with Gasteiger partial charge in [-0.25, -0.2) is 4.79 Å². The van der Waals surface area contributed by atoms with Crippen molar-refractivity contribution in [2.75, 3.05) is 14.2 Å². The Kier molecular flexibility index (Phi) is 3.00. The molecule has 2 aromatic rings. The molecular formula is C14H14O3. The van der Waals surface area contributed by atoms with Gasteiger partial charge in [0, 0.05) is 5.39 Å². The SMILES string of the molecule is COC(=O)c1c(C)cc2ccccc2c1OC. The third-order valence-electron chi connectivity index (χ3n) is 2.79. The third kappa shape index (κ3) is 1.84. The van der Waals surface area contributed by atoms with Crippen molar-refractivity contribution >= 4 is 16.7 Å². The largest absolute Gasteiger partial charge is 0.495 e. The summed E-state index contributed by atoms with van der Waals surface area (Å²) in [4.78, 5) is 11.8. The molecule has 3 nitrogen and oxygen atoms in total. The monoisotopic (exact) mass is 230 g/mol. The lowest BCUT2D eigenvalue weighted by atomic mass is 10.0. The minimum Gasteiger partial charge on any atom is -0.495 e. The van der Waals surface area contributed by atoms with Crippen molar-refractivity contribution in [3.63, 3.8) is 0 Å². The lowest BCUT2D eigenvalue weighted by molar-refractivity contribution is 0.0596. The van der Waals surface area contributed by atoms with Crippen molar-refractivity contribution in [3.8, 4) is 5.75 Å². The van der Waals surface area contributed by atoms with Crippen molar-refractivity contribution in [3.05, 3.63) is 41.5 Å². The van der Waals surface area contributed by atoms with Gasteiger partial charge in [0.15, 0.2) is 0 Å². The van der Waals surface area contributed by atoms with E-state index in [-0.39, 0.29) is 5.97 Å². The molecule has 0 amide bonds. The lowest BCUT2D eigenvalue weighted by Gasteiger charge is -2.13. The van der Waals surface area contributed by atoms with Crippen LogP contribution >= 0.6 is 0 Å². The van der Waals surface area contributed by atoms with Crippen LogP contribution in [0.3, 0.4) is 0 Å². The number of benzene rings is 2. The number of rotatable bonds is 2. The van der Waals surface area contributed by atoms with Crippen molar-refractivity contribution in [1.82, 2.24) is 0 Å². The van der Waals surface area contributed by atoms with Crippen molar-refractivity contribution in [2.45, 2.75) is 6.92 Å². The van der Waals surface area contributed by atoms with Gasteiger partial charge in [-0.15, -0.1) is 0 Å². The Balaban J connectivity index is 2.83. The summed E-state index contributed by atoms with van der Waals surface area (Å²) in [7, 11) is 2.93. The molecule has 0 aliphatic rings. The fraction of sp³-hybridized carbons (Fsp3) is 0.214. The zero-order valence-corrected chi connectivity index (χ0v) is 10.1. The number of hydrogen-bond donors (Lipinski definition) is 0. The molecule has 17 heavy (non-hydrogen) atoms. The molecule has 0 atom stereocenters. The van der Waals surface area contributed by atoms with Crippen LogP contribution < -0.4 is 4.74 Å². The molecule has 88 valence electrons. The first-order chi connectivity index (χ1) is 8.19. The van der Waals surface area contributed by atoms with Crippen LogP contribution in [0, 0.1) is 6.92 Å². The van der Waals surface area contributed by atoms with Gasteiger partial charge in [0.05, 0.1) is 14.2 Å². The van der Waals surface area contributed by atoms with E-state index in [0.717, 1.165) is 16.3 Å². The van der Waals surface area contributed by atoms with Crippen LogP contribution in [0.15, 0.2) is 30.3 Å². The highest BCUT2D eigenvalue weighted by atomic mass is 16.5. The molecule has 0 saturated carbocycles. The Hall–Kier alpha value is -2.03. The smallest absolute Gasteiger partial charge is 0.341 e. The number of methoxy groups -OCH3 is 2. The van der Waals surface area contributed by atoms with Crippen LogP contribution in [0.5, 0.6) is 5.75 Å². The van der Waals surface area contributed by atoms with Crippen LogP contribution in [0.25, 0.3) is 10.8 Å². The zero-order chi connectivity index (χ0) is 12.4. The van der Waals surface area contributed by atoms with Crippen molar-refractivity contribution in [2.24, 2.45) is 0 Å². The van der Waals surface area contributed by atoms with Crippen molar-refractivity contribution < 1.29 is 14.3 Å². The molecule has 0 spiro atoms. The van der Waals surface area contributed by atoms with E-state index in [9.17, 15) is 4.79 Å². The normalized spacial score (nSPS) is 10.3. The molecule has 2 rings (SSSR count). The number of aryl methyl sites for hydroxylation is 1. The highest BCUT2D eigenvalue weighted by Gasteiger charge is 2.18. The molecule has 0 N–H and O–H groups in total. The summed E-state index contributed by atoms with van der Waals surface area (Å²) in [6.07, 6.45) is 0. The number of ether oxygens (including phenoxy) is 2. The van der Waals surface area contributed by atoms with E-state index < -0.39 is 0 Å². The van der Waals surface area contributed by atoms with E-state index in [1.165, 1.54) is 7.11 Å². The van der Waals surface area contributed by atoms with Crippen LogP contribution in [0.2, 0.25) is 0 Å². The van der Waals surface area contributed by atoms with Gasteiger partial charge in [-0.1, -0.05) is 30.3 Å². The number of carbonyl (C=O) groups excluding carboxylic acids is 1. The van der Waals surface area contributed by atoms with E-state index in [2.05, 4.69) is 0 Å². The molecule has 0 unspecified atom stereocenters. The maximum atomic E-state index is 11.8. The summed E-state index contributed by atoms with van der Waals surface area (Å²) >= 11 is 0. The van der Waals surface area contributed by atoms with Crippen LogP contribution in [-0.2, 0) is 4.74 Å². The standard InChI is InChI=1S/C14H14O3/c1-9-8-10-6-4-5-7-11(10)13(16-2)12(9)14(15)17-3/h4-8H,1-3H3. The Labute approximate surface area is 100.0 Å². The summed E-state index contributed by atoms with van der Waals surface area (Å²) in [6, 6.07) is 9.76. The number of carbonyl (C=O) groups is 1. The highest BCUT2D eigenvalue weighted by molar-refractivity contribution is 6.02.